The van der Waals surface area contributed by atoms with Crippen molar-refractivity contribution in [2.75, 3.05) is 0 Å². The van der Waals surface area contributed by atoms with Crippen LogP contribution >= 0.6 is 0 Å². The number of fused-ring (bicyclic) bond motifs is 5. The van der Waals surface area contributed by atoms with Gasteiger partial charge in [-0.3, -0.25) is 0 Å². The summed E-state index contributed by atoms with van der Waals surface area (Å²) in [4.78, 5) is 0. The molecule has 0 saturated heterocycles. The van der Waals surface area contributed by atoms with Gasteiger partial charge in [-0.05, 0) is 92.3 Å². The van der Waals surface area contributed by atoms with Gasteiger partial charge in [0, 0.05) is 5.92 Å². The molecule has 0 aliphatic heterocycles. The Balaban J connectivity index is 1.60. The van der Waals surface area contributed by atoms with Gasteiger partial charge < -0.3 is 0 Å². The molecule has 1 heteroatoms. The summed E-state index contributed by atoms with van der Waals surface area (Å²) in [6.07, 6.45) is 14.1. The minimum absolute atomic E-state index is 0.361. The highest BCUT2D eigenvalue weighted by atomic mass is 14.6. The van der Waals surface area contributed by atoms with E-state index >= 15 is 0 Å². The van der Waals surface area contributed by atoms with Crippen molar-refractivity contribution in [1.82, 2.24) is 0 Å². The summed E-state index contributed by atoms with van der Waals surface area (Å²) < 4.78 is 0. The summed E-state index contributed by atoms with van der Waals surface area (Å²) in [5.74, 6) is 4.24. The molecule has 116 valence electrons. The summed E-state index contributed by atoms with van der Waals surface area (Å²) in [6, 6.07) is 2.57. The number of hydrogen-bond acceptors (Lipinski definition) is 1. The predicted octanol–water partition coefficient (Wildman–Crippen LogP) is 5.56. The predicted molar refractivity (Wildman–Crippen MR) is 85.4 cm³/mol. The third-order valence-corrected chi connectivity index (χ3v) is 8.63. The van der Waals surface area contributed by atoms with E-state index in [0.717, 1.165) is 23.7 Å². The molecular weight excluding hydrogens is 254 g/mol. The second-order valence-corrected chi connectivity index (χ2v) is 9.34. The molecule has 0 radical (unpaired) electrons. The summed E-state index contributed by atoms with van der Waals surface area (Å²) in [5, 5.41) is 9.30. The number of rotatable bonds is 0. The normalized spacial score (nSPS) is 56.0. The lowest BCUT2D eigenvalue weighted by Gasteiger charge is -2.60. The summed E-state index contributed by atoms with van der Waals surface area (Å²) in [6.45, 7) is 5.21. The minimum Gasteiger partial charge on any atom is -0.198 e. The van der Waals surface area contributed by atoms with Gasteiger partial charge in [0.25, 0.3) is 0 Å². The lowest BCUT2D eigenvalue weighted by atomic mass is 9.45. The van der Waals surface area contributed by atoms with Crippen LogP contribution in [0.5, 0.6) is 0 Å². The maximum absolute atomic E-state index is 9.30. The fourth-order valence-corrected chi connectivity index (χ4v) is 7.37. The van der Waals surface area contributed by atoms with E-state index in [4.69, 9.17) is 0 Å². The van der Waals surface area contributed by atoms with Crippen molar-refractivity contribution >= 4 is 0 Å². The van der Waals surface area contributed by atoms with Crippen LogP contribution in [0, 0.1) is 51.8 Å². The zero-order valence-electron chi connectivity index (χ0n) is 13.9. The van der Waals surface area contributed by atoms with Gasteiger partial charge in [-0.25, -0.2) is 0 Å². The summed E-state index contributed by atoms with van der Waals surface area (Å²) in [7, 11) is 0. The first-order chi connectivity index (χ1) is 10.1. The number of hydrogen-bond donors (Lipinski definition) is 0. The second kappa shape index (κ2) is 4.74. The highest BCUT2D eigenvalue weighted by molar-refractivity contribution is 5.08. The smallest absolute Gasteiger partial charge is 0.0655 e. The molecule has 0 amide bonds. The second-order valence-electron chi connectivity index (χ2n) is 9.34. The zero-order chi connectivity index (χ0) is 14.7. The standard InChI is InChI=1S/C20H31N/c1-19-9-3-4-17(19)16-6-5-15-12-14(13-21)7-11-20(15,2)18(16)8-10-19/h14-18H,3-12H2,1-2H3/t14?,15-,16-,17-,18-,19-,20-/m0/s1. The molecule has 4 aliphatic rings. The molecule has 0 bridgehead atoms. The molecule has 4 aliphatic carbocycles. The third-order valence-electron chi connectivity index (χ3n) is 8.63. The third kappa shape index (κ3) is 1.94. The van der Waals surface area contributed by atoms with E-state index in [1.54, 1.807) is 0 Å². The zero-order valence-corrected chi connectivity index (χ0v) is 13.9. The monoisotopic (exact) mass is 285 g/mol. The highest BCUT2D eigenvalue weighted by Crippen LogP contribution is 2.66. The Morgan fingerprint density at radius 2 is 1.76 bits per heavy atom. The van der Waals surface area contributed by atoms with E-state index in [1.165, 1.54) is 64.2 Å². The van der Waals surface area contributed by atoms with E-state index in [2.05, 4.69) is 19.9 Å². The Bertz CT molecular complexity index is 463. The topological polar surface area (TPSA) is 23.8 Å². The Kier molecular flexibility index (Phi) is 3.18. The van der Waals surface area contributed by atoms with Gasteiger partial charge in [0.05, 0.1) is 6.07 Å². The first-order valence-electron chi connectivity index (χ1n) is 9.46. The number of nitriles is 1. The van der Waals surface area contributed by atoms with Gasteiger partial charge in [0.15, 0.2) is 0 Å². The van der Waals surface area contributed by atoms with Crippen LogP contribution in [-0.4, -0.2) is 0 Å². The van der Waals surface area contributed by atoms with Crippen LogP contribution in [0.2, 0.25) is 0 Å². The van der Waals surface area contributed by atoms with Crippen molar-refractivity contribution in [2.24, 2.45) is 40.4 Å². The van der Waals surface area contributed by atoms with Crippen molar-refractivity contribution in [3.05, 3.63) is 0 Å². The van der Waals surface area contributed by atoms with E-state index in [0.29, 0.717) is 16.7 Å². The lowest BCUT2D eigenvalue weighted by molar-refractivity contribution is -0.107. The fraction of sp³-hybridized carbons (Fsp3) is 0.950. The van der Waals surface area contributed by atoms with Gasteiger partial charge >= 0.3 is 0 Å². The molecule has 0 aromatic rings. The van der Waals surface area contributed by atoms with Crippen molar-refractivity contribution in [3.8, 4) is 6.07 Å². The SMILES string of the molecule is C[C@@]12CCC[C@H]1[C@@H]1CC[C@H]3CC(C#N)CC[C@]3(C)[C@H]1CC2. The van der Waals surface area contributed by atoms with Crippen LogP contribution in [-0.2, 0) is 0 Å². The first-order valence-corrected chi connectivity index (χ1v) is 9.46. The van der Waals surface area contributed by atoms with Crippen molar-refractivity contribution in [1.29, 1.82) is 5.26 Å². The lowest BCUT2D eigenvalue weighted by Crippen LogP contribution is -2.52. The average molecular weight is 285 g/mol. The molecule has 4 fully saturated rings. The summed E-state index contributed by atoms with van der Waals surface area (Å²) in [5.41, 5.74) is 1.26. The van der Waals surface area contributed by atoms with Crippen LogP contribution in [0.1, 0.15) is 78.1 Å². The fourth-order valence-electron chi connectivity index (χ4n) is 7.37. The van der Waals surface area contributed by atoms with E-state index in [-0.39, 0.29) is 0 Å². The van der Waals surface area contributed by atoms with Gasteiger partial charge in [-0.2, -0.15) is 5.26 Å². The van der Waals surface area contributed by atoms with Gasteiger partial charge in [-0.1, -0.05) is 20.3 Å². The van der Waals surface area contributed by atoms with Crippen molar-refractivity contribution in [2.45, 2.75) is 78.1 Å². The molecule has 0 spiro atoms. The van der Waals surface area contributed by atoms with E-state index < -0.39 is 0 Å². The quantitative estimate of drug-likeness (QED) is 0.571. The highest BCUT2D eigenvalue weighted by Gasteiger charge is 2.57. The Labute approximate surface area is 130 Å². The molecule has 7 atom stereocenters. The Hall–Kier alpha value is -0.510. The first kappa shape index (κ1) is 14.1. The maximum Gasteiger partial charge on any atom is 0.0655 e. The summed E-state index contributed by atoms with van der Waals surface area (Å²) >= 11 is 0. The Morgan fingerprint density at radius 1 is 0.905 bits per heavy atom. The molecule has 0 aromatic heterocycles. The molecule has 1 nitrogen and oxygen atoms in total. The van der Waals surface area contributed by atoms with Gasteiger partial charge in [-0.15, -0.1) is 0 Å². The minimum atomic E-state index is 0.361. The van der Waals surface area contributed by atoms with Crippen LogP contribution in [0.25, 0.3) is 0 Å². The van der Waals surface area contributed by atoms with Gasteiger partial charge in [0.1, 0.15) is 0 Å². The molecule has 1 unspecified atom stereocenters. The van der Waals surface area contributed by atoms with Crippen LogP contribution in [0.3, 0.4) is 0 Å². The molecule has 21 heavy (non-hydrogen) atoms. The molecule has 4 rings (SSSR count). The number of nitrogens with zero attached hydrogens (tertiary/aromatic N) is 1. The Morgan fingerprint density at radius 3 is 2.57 bits per heavy atom. The van der Waals surface area contributed by atoms with Crippen molar-refractivity contribution in [3.63, 3.8) is 0 Å². The van der Waals surface area contributed by atoms with Crippen LogP contribution < -0.4 is 0 Å². The van der Waals surface area contributed by atoms with Crippen molar-refractivity contribution < 1.29 is 0 Å². The van der Waals surface area contributed by atoms with E-state index in [1.807, 2.05) is 0 Å². The van der Waals surface area contributed by atoms with Crippen LogP contribution in [0.15, 0.2) is 0 Å². The molecule has 4 saturated carbocycles. The van der Waals surface area contributed by atoms with Crippen LogP contribution in [0.4, 0.5) is 0 Å². The average Bonchev–Trinajstić information content (AvgIpc) is 2.88. The maximum atomic E-state index is 9.30. The molecule has 0 N–H and O–H groups in total. The molecule has 0 heterocycles. The van der Waals surface area contributed by atoms with E-state index in [9.17, 15) is 5.26 Å². The largest absolute Gasteiger partial charge is 0.198 e. The van der Waals surface area contributed by atoms with Gasteiger partial charge in [0.2, 0.25) is 0 Å². The molecule has 0 aromatic carbocycles. The molecular formula is C20H31N.